The molecule has 0 unspecified atom stereocenters. The third-order valence-corrected chi connectivity index (χ3v) is 7.58. The molecule has 0 saturated heterocycles. The van der Waals surface area contributed by atoms with Crippen molar-refractivity contribution in [3.63, 3.8) is 0 Å². The molecule has 3 heterocycles. The fraction of sp³-hybridized carbons (Fsp3) is 0.348. The number of rotatable bonds is 3. The lowest BCUT2D eigenvalue weighted by atomic mass is 9.83. The van der Waals surface area contributed by atoms with Crippen molar-refractivity contribution in [3.05, 3.63) is 72.8 Å². The van der Waals surface area contributed by atoms with E-state index in [2.05, 4.69) is 28.7 Å². The van der Waals surface area contributed by atoms with E-state index in [9.17, 15) is 0 Å². The standard InChI is InChI=1S/C23H26BF2IN2/c1-7-17-13(3)22-21(19-11-9-10-12-20(19)27)23-14(4)18(8-2)16(6)29(23)24(25,26)28(22)15(17)5/h9-12H,7-8H2,1-6H3. The average Bonchev–Trinajstić information content (AvgIpc) is 3.08. The molecule has 4 rings (SSSR count). The number of allylic oxidation sites excluding steroid dienone is 2. The number of benzene rings is 1. The van der Waals surface area contributed by atoms with Gasteiger partial charge in [0.1, 0.15) is 5.71 Å². The largest absolute Gasteiger partial charge is 0.737 e. The first-order chi connectivity index (χ1) is 13.7. The van der Waals surface area contributed by atoms with Gasteiger partial charge in [-0.2, -0.15) is 0 Å². The quantitative estimate of drug-likeness (QED) is 0.333. The van der Waals surface area contributed by atoms with Gasteiger partial charge in [0, 0.05) is 32.9 Å². The topological polar surface area (TPSA) is 7.94 Å². The SMILES string of the molecule is CCC1=C(C)C2=C(c3ccccc3I)c3c(C)c(CC)c(C)n3[B-](F)(F)[N+]2=C1C. The summed E-state index contributed by atoms with van der Waals surface area (Å²) in [7, 11) is 0. The van der Waals surface area contributed by atoms with Crippen molar-refractivity contribution in [2.45, 2.75) is 54.4 Å². The Labute approximate surface area is 185 Å². The summed E-state index contributed by atoms with van der Waals surface area (Å²) in [6, 6.07) is 8.10. The van der Waals surface area contributed by atoms with Crippen LogP contribution in [0.1, 0.15) is 62.2 Å². The van der Waals surface area contributed by atoms with Crippen molar-refractivity contribution in [2.24, 2.45) is 0 Å². The van der Waals surface area contributed by atoms with E-state index in [-0.39, 0.29) is 0 Å². The Morgan fingerprint density at radius 1 is 1.03 bits per heavy atom. The van der Waals surface area contributed by atoms with Crippen molar-refractivity contribution in [3.8, 4) is 0 Å². The van der Waals surface area contributed by atoms with Gasteiger partial charge in [-0.1, -0.05) is 32.0 Å². The van der Waals surface area contributed by atoms with Gasteiger partial charge in [-0.25, -0.2) is 0 Å². The first kappa shape index (κ1) is 20.6. The van der Waals surface area contributed by atoms with Crippen molar-refractivity contribution < 1.29 is 13.1 Å². The Hall–Kier alpha value is -1.70. The monoisotopic (exact) mass is 506 g/mol. The van der Waals surface area contributed by atoms with E-state index < -0.39 is 6.97 Å². The van der Waals surface area contributed by atoms with Gasteiger partial charge in [-0.15, -0.1) is 0 Å². The highest BCUT2D eigenvalue weighted by Crippen LogP contribution is 2.47. The maximum absolute atomic E-state index is 16.1. The summed E-state index contributed by atoms with van der Waals surface area (Å²) in [6.07, 6.45) is 1.49. The second-order valence-electron chi connectivity index (χ2n) is 7.97. The molecular weight excluding hydrogens is 480 g/mol. The zero-order valence-corrected chi connectivity index (χ0v) is 20.0. The van der Waals surface area contributed by atoms with Crippen LogP contribution in [0, 0.1) is 17.4 Å². The summed E-state index contributed by atoms with van der Waals surface area (Å²) in [5.74, 6) is 0. The van der Waals surface area contributed by atoms with Gasteiger partial charge in [0.25, 0.3) is 0 Å². The number of hydrogen-bond donors (Lipinski definition) is 0. The Morgan fingerprint density at radius 3 is 2.28 bits per heavy atom. The summed E-state index contributed by atoms with van der Waals surface area (Å²) in [4.78, 5) is 0. The van der Waals surface area contributed by atoms with Crippen LogP contribution < -0.4 is 0 Å². The minimum absolute atomic E-state index is 0.683. The van der Waals surface area contributed by atoms with Gasteiger partial charge >= 0.3 is 6.97 Å². The van der Waals surface area contributed by atoms with E-state index >= 15 is 8.63 Å². The highest BCUT2D eigenvalue weighted by atomic mass is 127. The van der Waals surface area contributed by atoms with Crippen LogP contribution >= 0.6 is 22.6 Å². The van der Waals surface area contributed by atoms with E-state index in [1.165, 1.54) is 8.96 Å². The predicted octanol–water partition coefficient (Wildman–Crippen LogP) is 6.48. The third kappa shape index (κ3) is 2.60. The number of halogens is 3. The molecular formula is C23H26BF2IN2. The van der Waals surface area contributed by atoms with Gasteiger partial charge in [0.2, 0.25) is 0 Å². The first-order valence-electron chi connectivity index (χ1n) is 10.2. The molecule has 0 N–H and O–H groups in total. The van der Waals surface area contributed by atoms with Crippen LogP contribution in [0.3, 0.4) is 0 Å². The minimum atomic E-state index is -3.96. The van der Waals surface area contributed by atoms with Gasteiger partial charge in [0.15, 0.2) is 5.70 Å². The normalized spacial score (nSPS) is 18.0. The second-order valence-corrected chi connectivity index (χ2v) is 9.13. The molecule has 0 amide bonds. The zero-order chi connectivity index (χ0) is 21.2. The van der Waals surface area contributed by atoms with E-state index in [0.29, 0.717) is 22.8 Å². The molecule has 0 radical (unpaired) electrons. The molecule has 0 spiro atoms. The van der Waals surface area contributed by atoms with Crippen LogP contribution in [0.2, 0.25) is 0 Å². The van der Waals surface area contributed by atoms with Crippen molar-refractivity contribution in [1.82, 2.24) is 4.48 Å². The third-order valence-electron chi connectivity index (χ3n) is 6.64. The Balaban J connectivity index is 2.26. The Morgan fingerprint density at radius 2 is 1.69 bits per heavy atom. The number of nitrogens with zero attached hydrogens (tertiary/aromatic N) is 2. The van der Waals surface area contributed by atoms with Crippen LogP contribution in [0.5, 0.6) is 0 Å². The fourth-order valence-electron chi connectivity index (χ4n) is 5.40. The van der Waals surface area contributed by atoms with Gasteiger partial charge in [-0.05, 0) is 79.1 Å². The zero-order valence-electron chi connectivity index (χ0n) is 17.8. The highest BCUT2D eigenvalue weighted by Gasteiger charge is 2.56. The first-order valence-corrected chi connectivity index (χ1v) is 11.3. The summed E-state index contributed by atoms with van der Waals surface area (Å²) in [5.41, 5.74) is 8.70. The van der Waals surface area contributed by atoms with E-state index in [0.717, 1.165) is 49.8 Å². The fourth-order valence-corrected chi connectivity index (χ4v) is 6.05. The molecule has 2 aliphatic rings. The molecule has 29 heavy (non-hydrogen) atoms. The lowest BCUT2D eigenvalue weighted by molar-refractivity contribution is -0.363. The van der Waals surface area contributed by atoms with Crippen LogP contribution in [0.25, 0.3) is 5.57 Å². The van der Waals surface area contributed by atoms with Gasteiger partial charge in [-0.3, -0.25) is 0 Å². The smallest absolute Gasteiger partial charge is 0.393 e. The van der Waals surface area contributed by atoms with Crippen molar-refractivity contribution >= 4 is 40.8 Å². The Bertz CT molecular complexity index is 1150. The molecule has 0 fully saturated rings. The maximum atomic E-state index is 16.1. The Kier molecular flexibility index (Phi) is 4.92. The van der Waals surface area contributed by atoms with E-state index in [4.69, 9.17) is 0 Å². The molecule has 2 aromatic rings. The molecule has 0 bridgehead atoms. The molecule has 1 aromatic carbocycles. The molecule has 2 aliphatic heterocycles. The van der Waals surface area contributed by atoms with Gasteiger partial charge < -0.3 is 17.6 Å². The summed E-state index contributed by atoms with van der Waals surface area (Å²) in [5, 5.41) is 0. The van der Waals surface area contributed by atoms with Crippen LogP contribution in [0.4, 0.5) is 8.63 Å². The lowest BCUT2D eigenvalue weighted by Gasteiger charge is -2.34. The summed E-state index contributed by atoms with van der Waals surface area (Å²) in [6.45, 7) is 7.82. The molecule has 6 heteroatoms. The molecule has 2 nitrogen and oxygen atoms in total. The molecule has 0 saturated carbocycles. The summed E-state index contributed by atoms with van der Waals surface area (Å²) < 4.78 is 36.0. The second kappa shape index (κ2) is 6.93. The highest BCUT2D eigenvalue weighted by molar-refractivity contribution is 14.1. The molecule has 0 aliphatic carbocycles. The lowest BCUT2D eigenvalue weighted by Crippen LogP contribution is -2.51. The van der Waals surface area contributed by atoms with Crippen LogP contribution in [0.15, 0.2) is 41.1 Å². The predicted molar refractivity (Wildman–Crippen MR) is 126 cm³/mol. The van der Waals surface area contributed by atoms with Crippen LogP contribution in [-0.4, -0.2) is 21.6 Å². The molecule has 0 atom stereocenters. The van der Waals surface area contributed by atoms with Crippen molar-refractivity contribution in [2.75, 3.05) is 0 Å². The van der Waals surface area contributed by atoms with E-state index in [1.807, 2.05) is 59.7 Å². The van der Waals surface area contributed by atoms with Crippen LogP contribution in [-0.2, 0) is 6.42 Å². The number of hydrogen-bond acceptors (Lipinski definition) is 0. The maximum Gasteiger partial charge on any atom is 0.737 e. The average molecular weight is 506 g/mol. The molecule has 152 valence electrons. The molecule has 1 aromatic heterocycles. The number of fused-ring (bicyclic) bond motifs is 2. The van der Waals surface area contributed by atoms with E-state index in [1.54, 1.807) is 0 Å². The summed E-state index contributed by atoms with van der Waals surface area (Å²) >= 11 is 2.32. The van der Waals surface area contributed by atoms with Crippen molar-refractivity contribution in [1.29, 1.82) is 0 Å². The van der Waals surface area contributed by atoms with Gasteiger partial charge in [0.05, 0.1) is 5.57 Å². The number of aromatic nitrogens is 1. The minimum Gasteiger partial charge on any atom is -0.393 e.